The average Bonchev–Trinajstić information content (AvgIpc) is 3.35. The number of rotatable bonds is 4. The third kappa shape index (κ3) is 4.92. The third-order valence-electron chi connectivity index (χ3n) is 7.18. The highest BCUT2D eigenvalue weighted by Crippen LogP contribution is 2.46. The Hall–Kier alpha value is -4.68. The summed E-state index contributed by atoms with van der Waals surface area (Å²) in [4.78, 5) is 25.8. The predicted octanol–water partition coefficient (Wildman–Crippen LogP) is 7.97. The normalized spacial score (nSPS) is 18.0. The number of hydrogen-bond donors (Lipinski definition) is 3. The first-order valence-electron chi connectivity index (χ1n) is 12.4. The number of benzene rings is 3. The maximum absolute atomic E-state index is 16.2. The summed E-state index contributed by atoms with van der Waals surface area (Å²) in [5, 5.41) is 16.7. The Morgan fingerprint density at radius 3 is 2.54 bits per heavy atom. The van der Waals surface area contributed by atoms with Gasteiger partial charge >= 0.3 is 12.3 Å². The third-order valence-corrected chi connectivity index (χ3v) is 7.18. The van der Waals surface area contributed by atoms with Gasteiger partial charge in [-0.15, -0.1) is 0 Å². The first-order valence-corrected chi connectivity index (χ1v) is 12.4. The molecule has 4 aromatic rings. The minimum Gasteiger partial charge on any atom is -0.443 e. The molecule has 2 heterocycles. The number of fused-ring (bicyclic) bond motifs is 2. The standard InChI is InChI=1S/C28H23F5N4O4/c1-13-21-20(12-18(29)22(23(21)30)16-6-4-5-14-9-10-34-24(14)16)36-27(2,3)25(13)41-26(38)35-19-8-7-15(37(39)40)11-17(19)28(31,32)33/h4-13,25,34,36H,1-3H3,(H,35,38)/t13-,25+/m1/s1. The van der Waals surface area contributed by atoms with Crippen LogP contribution in [0, 0.1) is 21.7 Å². The Labute approximate surface area is 229 Å². The molecule has 0 aliphatic carbocycles. The summed E-state index contributed by atoms with van der Waals surface area (Å²) in [5.41, 5.74) is -3.39. The summed E-state index contributed by atoms with van der Waals surface area (Å²) in [5.74, 6) is -2.55. The summed E-state index contributed by atoms with van der Waals surface area (Å²) >= 11 is 0. The second-order valence-electron chi connectivity index (χ2n) is 10.3. The van der Waals surface area contributed by atoms with E-state index in [2.05, 4.69) is 10.3 Å². The topological polar surface area (TPSA) is 109 Å². The Kier molecular flexibility index (Phi) is 6.63. The second kappa shape index (κ2) is 9.75. The van der Waals surface area contributed by atoms with Crippen molar-refractivity contribution in [2.24, 2.45) is 0 Å². The van der Waals surface area contributed by atoms with Gasteiger partial charge in [-0.1, -0.05) is 25.1 Å². The number of alkyl halides is 3. The smallest absolute Gasteiger partial charge is 0.418 e. The van der Waals surface area contributed by atoms with E-state index in [-0.39, 0.29) is 22.4 Å². The SMILES string of the molecule is C[C@@H]1c2c(cc(F)c(-c3cccc4cc[nH]c34)c2F)NC(C)(C)[C@H]1OC(=O)Nc1ccc([N+](=O)[O-])cc1C(F)(F)F. The van der Waals surface area contributed by atoms with Crippen molar-refractivity contribution < 1.29 is 36.4 Å². The Bertz CT molecular complexity index is 1700. The van der Waals surface area contributed by atoms with Crippen LogP contribution in [0.5, 0.6) is 0 Å². The Morgan fingerprint density at radius 1 is 1.12 bits per heavy atom. The fourth-order valence-corrected chi connectivity index (χ4v) is 5.41. The molecule has 0 saturated heterocycles. The van der Waals surface area contributed by atoms with Gasteiger partial charge in [0.05, 0.1) is 32.8 Å². The predicted molar refractivity (Wildman–Crippen MR) is 142 cm³/mol. The number of anilines is 2. The molecule has 2 atom stereocenters. The number of carbonyl (C=O) groups excluding carboxylic acids is 1. The fourth-order valence-electron chi connectivity index (χ4n) is 5.41. The van der Waals surface area contributed by atoms with Crippen LogP contribution in [0.2, 0.25) is 0 Å². The average molecular weight is 575 g/mol. The van der Waals surface area contributed by atoms with Gasteiger partial charge in [-0.3, -0.25) is 15.4 Å². The van der Waals surface area contributed by atoms with Crippen molar-refractivity contribution in [2.75, 3.05) is 10.6 Å². The molecule has 13 heteroatoms. The molecule has 0 radical (unpaired) electrons. The van der Waals surface area contributed by atoms with E-state index in [1.807, 2.05) is 5.32 Å². The lowest BCUT2D eigenvalue weighted by molar-refractivity contribution is -0.385. The lowest BCUT2D eigenvalue weighted by Crippen LogP contribution is -2.52. The number of aromatic amines is 1. The van der Waals surface area contributed by atoms with Gasteiger partial charge in [0, 0.05) is 41.1 Å². The van der Waals surface area contributed by atoms with E-state index in [0.29, 0.717) is 11.6 Å². The number of nitro benzene ring substituents is 1. The number of para-hydroxylation sites is 1. The van der Waals surface area contributed by atoms with E-state index < -0.39 is 63.3 Å². The van der Waals surface area contributed by atoms with Gasteiger partial charge in [0.25, 0.3) is 5.69 Å². The molecule has 1 amide bonds. The van der Waals surface area contributed by atoms with Crippen molar-refractivity contribution in [3.05, 3.63) is 87.6 Å². The van der Waals surface area contributed by atoms with Crippen LogP contribution in [-0.4, -0.2) is 27.6 Å². The lowest BCUT2D eigenvalue weighted by atomic mass is 9.77. The number of nitrogens with zero attached hydrogens (tertiary/aromatic N) is 1. The molecule has 214 valence electrons. The number of halogens is 5. The molecule has 0 spiro atoms. The van der Waals surface area contributed by atoms with Gasteiger partial charge in [0.1, 0.15) is 17.7 Å². The number of amides is 1. The molecule has 1 aliphatic rings. The van der Waals surface area contributed by atoms with Gasteiger partial charge < -0.3 is 15.0 Å². The number of nitrogens with one attached hydrogen (secondary N) is 3. The largest absolute Gasteiger partial charge is 0.443 e. The quantitative estimate of drug-likeness (QED) is 0.130. The van der Waals surface area contributed by atoms with E-state index in [1.54, 1.807) is 51.2 Å². The van der Waals surface area contributed by atoms with Crippen LogP contribution in [0.1, 0.15) is 37.8 Å². The number of carbonyl (C=O) groups is 1. The summed E-state index contributed by atoms with van der Waals surface area (Å²) in [6, 6.07) is 9.81. The molecule has 0 bridgehead atoms. The molecular weight excluding hydrogens is 551 g/mol. The summed E-state index contributed by atoms with van der Waals surface area (Å²) in [6.45, 7) is 4.79. The van der Waals surface area contributed by atoms with Crippen LogP contribution in [0.25, 0.3) is 22.0 Å². The summed E-state index contributed by atoms with van der Waals surface area (Å²) in [6.07, 6.45) is -5.79. The zero-order valence-corrected chi connectivity index (χ0v) is 21.8. The number of hydrogen-bond acceptors (Lipinski definition) is 5. The van der Waals surface area contributed by atoms with Crippen molar-refractivity contribution in [3.63, 3.8) is 0 Å². The van der Waals surface area contributed by atoms with Crippen LogP contribution in [0.4, 0.5) is 43.8 Å². The van der Waals surface area contributed by atoms with E-state index >= 15 is 8.78 Å². The number of H-pyrrole nitrogens is 1. The van der Waals surface area contributed by atoms with E-state index in [9.17, 15) is 28.1 Å². The Balaban J connectivity index is 1.49. The molecule has 0 saturated carbocycles. The molecule has 0 unspecified atom stereocenters. The van der Waals surface area contributed by atoms with Crippen LogP contribution in [0.3, 0.4) is 0 Å². The van der Waals surface area contributed by atoms with Crippen LogP contribution in [0.15, 0.2) is 54.7 Å². The van der Waals surface area contributed by atoms with Gasteiger partial charge in [-0.2, -0.15) is 13.2 Å². The van der Waals surface area contributed by atoms with Crippen molar-refractivity contribution >= 4 is 34.1 Å². The van der Waals surface area contributed by atoms with Crippen LogP contribution in [-0.2, 0) is 10.9 Å². The fraction of sp³-hybridized carbons (Fsp3) is 0.250. The number of non-ortho nitro benzene ring substituents is 1. The van der Waals surface area contributed by atoms with Gasteiger partial charge in [-0.25, -0.2) is 13.6 Å². The van der Waals surface area contributed by atoms with E-state index in [4.69, 9.17) is 4.74 Å². The van der Waals surface area contributed by atoms with E-state index in [1.165, 1.54) is 0 Å². The molecule has 41 heavy (non-hydrogen) atoms. The van der Waals surface area contributed by atoms with Gasteiger partial charge in [0.15, 0.2) is 0 Å². The zero-order chi connectivity index (χ0) is 29.9. The minimum atomic E-state index is -5.02. The highest BCUT2D eigenvalue weighted by Gasteiger charge is 2.45. The maximum Gasteiger partial charge on any atom is 0.418 e. The molecule has 8 nitrogen and oxygen atoms in total. The highest BCUT2D eigenvalue weighted by atomic mass is 19.4. The highest BCUT2D eigenvalue weighted by molar-refractivity contribution is 5.95. The van der Waals surface area contributed by atoms with Crippen LogP contribution >= 0.6 is 0 Å². The Morgan fingerprint density at radius 2 is 1.85 bits per heavy atom. The molecule has 3 aromatic carbocycles. The van der Waals surface area contributed by atoms with Crippen molar-refractivity contribution in [3.8, 4) is 11.1 Å². The number of aromatic nitrogens is 1. The molecule has 5 rings (SSSR count). The molecular formula is C28H23F5N4O4. The molecule has 1 aliphatic heterocycles. The lowest BCUT2D eigenvalue weighted by Gasteiger charge is -2.44. The molecule has 1 aromatic heterocycles. The maximum atomic E-state index is 16.2. The van der Waals surface area contributed by atoms with Gasteiger partial charge in [-0.05, 0) is 37.4 Å². The van der Waals surface area contributed by atoms with Crippen molar-refractivity contribution in [1.82, 2.24) is 4.98 Å². The molecule has 0 fully saturated rings. The summed E-state index contributed by atoms with van der Waals surface area (Å²) in [7, 11) is 0. The first-order chi connectivity index (χ1) is 19.2. The van der Waals surface area contributed by atoms with E-state index in [0.717, 1.165) is 23.6 Å². The molecule has 3 N–H and O–H groups in total. The van der Waals surface area contributed by atoms with Gasteiger partial charge in [0.2, 0.25) is 0 Å². The number of ether oxygens (including phenoxy) is 1. The van der Waals surface area contributed by atoms with Crippen LogP contribution < -0.4 is 10.6 Å². The van der Waals surface area contributed by atoms with Crippen molar-refractivity contribution in [2.45, 2.75) is 44.5 Å². The van der Waals surface area contributed by atoms with Crippen molar-refractivity contribution in [1.29, 1.82) is 0 Å². The number of nitro groups is 1. The first kappa shape index (κ1) is 27.9. The minimum absolute atomic E-state index is 0.0356. The monoisotopic (exact) mass is 574 g/mol. The summed E-state index contributed by atoms with van der Waals surface area (Å²) < 4.78 is 77.8. The second-order valence-corrected chi connectivity index (χ2v) is 10.3. The zero-order valence-electron chi connectivity index (χ0n) is 21.8.